The summed E-state index contributed by atoms with van der Waals surface area (Å²) < 4.78 is 10.4. The van der Waals surface area contributed by atoms with Gasteiger partial charge in [0.25, 0.3) is 0 Å². The van der Waals surface area contributed by atoms with E-state index in [0.717, 1.165) is 31.3 Å². The number of carbonyl (C=O) groups is 2. The van der Waals surface area contributed by atoms with Gasteiger partial charge in [-0.2, -0.15) is 0 Å². The molecular formula is C13H18O4. The van der Waals surface area contributed by atoms with Crippen molar-refractivity contribution < 1.29 is 19.1 Å². The molecule has 0 atom stereocenters. The Balaban J connectivity index is 2.29. The van der Waals surface area contributed by atoms with Crippen LogP contribution in [0, 0.1) is 0 Å². The molecule has 0 amide bonds. The normalized spacial score (nSPS) is 22.8. The summed E-state index contributed by atoms with van der Waals surface area (Å²) in [5.74, 6) is -1.06. The van der Waals surface area contributed by atoms with Crippen LogP contribution >= 0.6 is 0 Å². The van der Waals surface area contributed by atoms with Crippen LogP contribution in [0.15, 0.2) is 11.1 Å². The highest BCUT2D eigenvalue weighted by Crippen LogP contribution is 2.43. The van der Waals surface area contributed by atoms with Crippen molar-refractivity contribution in [3.8, 4) is 0 Å². The first-order valence-electron chi connectivity index (χ1n) is 6.22. The lowest BCUT2D eigenvalue weighted by molar-refractivity contribution is -0.152. The molecule has 0 aromatic carbocycles. The van der Waals surface area contributed by atoms with Gasteiger partial charge in [0.1, 0.15) is 11.2 Å². The second kappa shape index (κ2) is 4.51. The highest BCUT2D eigenvalue weighted by molar-refractivity contribution is 6.16. The highest BCUT2D eigenvalue weighted by Gasteiger charge is 2.48. The fraction of sp³-hybridized carbons (Fsp3) is 0.692. The van der Waals surface area contributed by atoms with Gasteiger partial charge in [-0.3, -0.25) is 0 Å². The molecule has 2 rings (SSSR count). The summed E-state index contributed by atoms with van der Waals surface area (Å²) in [4.78, 5) is 23.5. The van der Waals surface area contributed by atoms with Gasteiger partial charge in [-0.25, -0.2) is 9.59 Å². The summed E-state index contributed by atoms with van der Waals surface area (Å²) in [6, 6.07) is 0. The maximum atomic E-state index is 11.8. The topological polar surface area (TPSA) is 52.6 Å². The summed E-state index contributed by atoms with van der Waals surface area (Å²) in [6.07, 6.45) is 4.91. The Bertz CT molecular complexity index is 375. The van der Waals surface area contributed by atoms with Crippen LogP contribution in [0.25, 0.3) is 0 Å². The second-order valence-electron chi connectivity index (χ2n) is 4.66. The molecule has 1 aliphatic carbocycles. The van der Waals surface area contributed by atoms with Gasteiger partial charge in [-0.15, -0.1) is 0 Å². The van der Waals surface area contributed by atoms with Gasteiger partial charge in [0, 0.05) is 0 Å². The number of rotatable bonds is 2. The zero-order valence-electron chi connectivity index (χ0n) is 10.4. The fourth-order valence-electron chi connectivity index (χ4n) is 2.73. The minimum Gasteiger partial charge on any atom is -0.462 e. The molecule has 4 heteroatoms. The molecule has 0 saturated heterocycles. The minimum atomic E-state index is -0.544. The molecule has 17 heavy (non-hydrogen) atoms. The summed E-state index contributed by atoms with van der Waals surface area (Å²) in [6.45, 7) is 3.82. The molecule has 0 N–H and O–H groups in total. The zero-order valence-corrected chi connectivity index (χ0v) is 10.4. The predicted molar refractivity (Wildman–Crippen MR) is 61.2 cm³/mol. The molecule has 1 saturated carbocycles. The largest absolute Gasteiger partial charge is 0.462 e. The highest BCUT2D eigenvalue weighted by atomic mass is 16.6. The van der Waals surface area contributed by atoms with Crippen molar-refractivity contribution in [2.75, 3.05) is 6.61 Å². The van der Waals surface area contributed by atoms with Crippen molar-refractivity contribution in [1.82, 2.24) is 0 Å². The summed E-state index contributed by atoms with van der Waals surface area (Å²) in [5, 5.41) is 0. The summed E-state index contributed by atoms with van der Waals surface area (Å²) in [7, 11) is 0. The third-order valence-corrected chi connectivity index (χ3v) is 3.69. The van der Waals surface area contributed by atoms with Crippen LogP contribution in [-0.2, 0) is 19.1 Å². The molecule has 94 valence electrons. The number of carbonyl (C=O) groups excluding carboxylic acids is 2. The van der Waals surface area contributed by atoms with Crippen LogP contribution in [0.3, 0.4) is 0 Å². The van der Waals surface area contributed by atoms with E-state index in [9.17, 15) is 9.59 Å². The van der Waals surface area contributed by atoms with Crippen molar-refractivity contribution in [1.29, 1.82) is 0 Å². The van der Waals surface area contributed by atoms with Crippen LogP contribution in [0.4, 0.5) is 0 Å². The first-order valence-corrected chi connectivity index (χ1v) is 6.22. The summed E-state index contributed by atoms with van der Waals surface area (Å²) in [5.41, 5.74) is 0.367. The van der Waals surface area contributed by atoms with E-state index in [1.165, 1.54) is 6.42 Å². The molecule has 2 aliphatic rings. The molecule has 4 nitrogen and oxygen atoms in total. The number of hydrogen-bond acceptors (Lipinski definition) is 4. The summed E-state index contributed by atoms with van der Waals surface area (Å²) >= 11 is 0. The number of hydrogen-bond donors (Lipinski definition) is 0. The number of ether oxygens (including phenoxy) is 2. The first kappa shape index (κ1) is 12.1. The van der Waals surface area contributed by atoms with Crippen molar-refractivity contribution in [3.63, 3.8) is 0 Å². The smallest absolute Gasteiger partial charge is 0.346 e. The Morgan fingerprint density at radius 3 is 2.59 bits per heavy atom. The molecule has 0 aromatic rings. The quantitative estimate of drug-likeness (QED) is 0.546. The van der Waals surface area contributed by atoms with E-state index in [0.29, 0.717) is 0 Å². The standard InChI is InChI=1S/C13H18O4/c1-3-16-11(14)10-9(2)13(17-12(10)15)7-5-4-6-8-13/h3-8H2,1-2H3. The molecule has 1 heterocycles. The Labute approximate surface area is 101 Å². The maximum absolute atomic E-state index is 11.8. The van der Waals surface area contributed by atoms with E-state index in [1.807, 2.05) is 6.92 Å². The van der Waals surface area contributed by atoms with Crippen LogP contribution in [-0.4, -0.2) is 24.1 Å². The zero-order chi connectivity index (χ0) is 12.5. The minimum absolute atomic E-state index is 0.119. The van der Waals surface area contributed by atoms with E-state index in [1.54, 1.807) is 6.92 Å². The van der Waals surface area contributed by atoms with Crippen LogP contribution in [0.1, 0.15) is 46.0 Å². The van der Waals surface area contributed by atoms with Gasteiger partial charge in [0.05, 0.1) is 6.61 Å². The maximum Gasteiger partial charge on any atom is 0.346 e. The van der Waals surface area contributed by atoms with Crippen molar-refractivity contribution >= 4 is 11.9 Å². The fourth-order valence-corrected chi connectivity index (χ4v) is 2.73. The Morgan fingerprint density at radius 2 is 2.00 bits per heavy atom. The van der Waals surface area contributed by atoms with E-state index in [2.05, 4.69) is 0 Å². The molecule has 0 bridgehead atoms. The van der Waals surface area contributed by atoms with Crippen LogP contribution in [0.2, 0.25) is 0 Å². The van der Waals surface area contributed by atoms with Gasteiger partial charge in [0.2, 0.25) is 0 Å². The Kier molecular flexibility index (Phi) is 3.22. The van der Waals surface area contributed by atoms with Crippen molar-refractivity contribution in [2.24, 2.45) is 0 Å². The SMILES string of the molecule is CCOC(=O)C1=C(C)C2(CCCCC2)OC1=O. The molecule has 1 fully saturated rings. The van der Waals surface area contributed by atoms with Gasteiger partial charge in [-0.05, 0) is 45.1 Å². The second-order valence-corrected chi connectivity index (χ2v) is 4.66. The Hall–Kier alpha value is -1.32. The van der Waals surface area contributed by atoms with Crippen LogP contribution < -0.4 is 0 Å². The lowest BCUT2D eigenvalue weighted by Gasteiger charge is -2.33. The monoisotopic (exact) mass is 238 g/mol. The lowest BCUT2D eigenvalue weighted by atomic mass is 9.79. The van der Waals surface area contributed by atoms with E-state index in [-0.39, 0.29) is 12.2 Å². The van der Waals surface area contributed by atoms with Crippen molar-refractivity contribution in [2.45, 2.75) is 51.6 Å². The van der Waals surface area contributed by atoms with Gasteiger partial charge in [0.15, 0.2) is 0 Å². The molecule has 0 radical (unpaired) electrons. The molecule has 1 aliphatic heterocycles. The first-order chi connectivity index (χ1) is 8.10. The molecule has 0 aromatic heterocycles. The third-order valence-electron chi connectivity index (χ3n) is 3.69. The van der Waals surface area contributed by atoms with Crippen LogP contribution in [0.5, 0.6) is 0 Å². The van der Waals surface area contributed by atoms with E-state index >= 15 is 0 Å². The Morgan fingerprint density at radius 1 is 1.35 bits per heavy atom. The number of esters is 2. The van der Waals surface area contributed by atoms with E-state index in [4.69, 9.17) is 9.47 Å². The van der Waals surface area contributed by atoms with E-state index < -0.39 is 17.5 Å². The van der Waals surface area contributed by atoms with Crippen molar-refractivity contribution in [3.05, 3.63) is 11.1 Å². The molecular weight excluding hydrogens is 220 g/mol. The molecule has 0 unspecified atom stereocenters. The average Bonchev–Trinajstić information content (AvgIpc) is 2.52. The lowest BCUT2D eigenvalue weighted by Crippen LogP contribution is -2.33. The van der Waals surface area contributed by atoms with Gasteiger partial charge >= 0.3 is 11.9 Å². The van der Waals surface area contributed by atoms with Gasteiger partial charge < -0.3 is 9.47 Å². The average molecular weight is 238 g/mol. The molecule has 1 spiro atoms. The predicted octanol–water partition coefficient (Wildman–Crippen LogP) is 2.13. The third kappa shape index (κ3) is 1.96. The van der Waals surface area contributed by atoms with Gasteiger partial charge in [-0.1, -0.05) is 6.42 Å².